The minimum atomic E-state index is -0.530. The van der Waals surface area contributed by atoms with Gasteiger partial charge in [-0.05, 0) is 40.2 Å². The summed E-state index contributed by atoms with van der Waals surface area (Å²) in [6, 6.07) is 10.4. The predicted octanol–water partition coefficient (Wildman–Crippen LogP) is 2.60. The highest BCUT2D eigenvalue weighted by Crippen LogP contribution is 2.26. The number of carbonyl (C=O) groups is 2. The SMILES string of the molecule is O=C(NNC(=O)c1cc2cccc(Br)c2o1)c1ccc[nH]1. The lowest BCUT2D eigenvalue weighted by molar-refractivity contribution is 0.0830. The average Bonchev–Trinajstić information content (AvgIpc) is 3.13. The summed E-state index contributed by atoms with van der Waals surface area (Å²) >= 11 is 3.35. The summed E-state index contributed by atoms with van der Waals surface area (Å²) in [7, 11) is 0. The van der Waals surface area contributed by atoms with Crippen LogP contribution in [0.3, 0.4) is 0 Å². The van der Waals surface area contributed by atoms with Crippen LogP contribution in [0.25, 0.3) is 11.0 Å². The van der Waals surface area contributed by atoms with E-state index >= 15 is 0 Å². The predicted molar refractivity (Wildman–Crippen MR) is 79.6 cm³/mol. The Labute approximate surface area is 127 Å². The van der Waals surface area contributed by atoms with Gasteiger partial charge in [-0.15, -0.1) is 0 Å². The number of benzene rings is 1. The molecule has 0 saturated heterocycles. The van der Waals surface area contributed by atoms with Gasteiger partial charge in [0.05, 0.1) is 4.47 Å². The smallest absolute Gasteiger partial charge is 0.305 e. The van der Waals surface area contributed by atoms with Gasteiger partial charge in [0.15, 0.2) is 5.76 Å². The van der Waals surface area contributed by atoms with Crippen LogP contribution in [0, 0.1) is 0 Å². The highest BCUT2D eigenvalue weighted by molar-refractivity contribution is 9.10. The van der Waals surface area contributed by atoms with Crippen molar-refractivity contribution in [3.05, 3.63) is 58.5 Å². The summed E-state index contributed by atoms with van der Waals surface area (Å²) in [4.78, 5) is 26.4. The molecule has 0 bridgehead atoms. The molecule has 0 aliphatic rings. The van der Waals surface area contributed by atoms with Crippen LogP contribution in [0.4, 0.5) is 0 Å². The van der Waals surface area contributed by atoms with Gasteiger partial charge < -0.3 is 9.40 Å². The van der Waals surface area contributed by atoms with Crippen molar-refractivity contribution in [1.82, 2.24) is 15.8 Å². The van der Waals surface area contributed by atoms with E-state index in [9.17, 15) is 9.59 Å². The topological polar surface area (TPSA) is 87.1 Å². The van der Waals surface area contributed by atoms with Gasteiger partial charge in [-0.25, -0.2) is 0 Å². The third-order valence-electron chi connectivity index (χ3n) is 2.85. The van der Waals surface area contributed by atoms with E-state index in [1.807, 2.05) is 18.2 Å². The third-order valence-corrected chi connectivity index (χ3v) is 3.48. The molecule has 0 aliphatic carbocycles. The van der Waals surface area contributed by atoms with Crippen molar-refractivity contribution in [3.63, 3.8) is 0 Å². The van der Waals surface area contributed by atoms with E-state index in [2.05, 4.69) is 31.8 Å². The molecule has 6 nitrogen and oxygen atoms in total. The standard InChI is InChI=1S/C14H10BrN3O3/c15-9-4-1-3-8-7-11(21-12(8)9)14(20)18-17-13(19)10-5-2-6-16-10/h1-7,16H,(H,17,19)(H,18,20). The zero-order valence-electron chi connectivity index (χ0n) is 10.6. The van der Waals surface area contributed by atoms with Gasteiger partial charge in [-0.2, -0.15) is 0 Å². The molecule has 0 fully saturated rings. The van der Waals surface area contributed by atoms with Crippen LogP contribution in [0.5, 0.6) is 0 Å². The fraction of sp³-hybridized carbons (Fsp3) is 0. The summed E-state index contributed by atoms with van der Waals surface area (Å²) in [5.41, 5.74) is 5.53. The molecule has 3 N–H and O–H groups in total. The Morgan fingerprint density at radius 3 is 2.62 bits per heavy atom. The van der Waals surface area contributed by atoms with E-state index in [1.54, 1.807) is 24.4 Å². The van der Waals surface area contributed by atoms with Crippen LogP contribution in [-0.4, -0.2) is 16.8 Å². The first-order chi connectivity index (χ1) is 10.1. The number of H-pyrrole nitrogens is 1. The van der Waals surface area contributed by atoms with Crippen LogP contribution >= 0.6 is 15.9 Å². The zero-order chi connectivity index (χ0) is 14.8. The second kappa shape index (κ2) is 5.45. The van der Waals surface area contributed by atoms with Crippen molar-refractivity contribution < 1.29 is 14.0 Å². The van der Waals surface area contributed by atoms with Gasteiger partial charge in [0.1, 0.15) is 11.3 Å². The molecule has 106 valence electrons. The van der Waals surface area contributed by atoms with Crippen molar-refractivity contribution in [3.8, 4) is 0 Å². The summed E-state index contributed by atoms with van der Waals surface area (Å²) in [6.45, 7) is 0. The zero-order valence-corrected chi connectivity index (χ0v) is 12.2. The Kier molecular flexibility index (Phi) is 3.49. The molecule has 0 radical (unpaired) electrons. The minimum Gasteiger partial charge on any atom is -0.450 e. The lowest BCUT2D eigenvalue weighted by atomic mass is 10.2. The Balaban J connectivity index is 1.72. The number of hydrogen-bond acceptors (Lipinski definition) is 3. The normalized spacial score (nSPS) is 10.5. The number of rotatable bonds is 2. The number of hydrazine groups is 1. The summed E-state index contributed by atoms with van der Waals surface area (Å²) < 4.78 is 6.22. The van der Waals surface area contributed by atoms with Gasteiger partial charge in [0.2, 0.25) is 0 Å². The maximum Gasteiger partial charge on any atom is 0.305 e. The van der Waals surface area contributed by atoms with Crippen molar-refractivity contribution in [1.29, 1.82) is 0 Å². The highest BCUT2D eigenvalue weighted by Gasteiger charge is 2.15. The lowest BCUT2D eigenvalue weighted by Gasteiger charge is -2.04. The number of aromatic amines is 1. The molecule has 3 rings (SSSR count). The van der Waals surface area contributed by atoms with Crippen molar-refractivity contribution in [2.45, 2.75) is 0 Å². The van der Waals surface area contributed by atoms with Gasteiger partial charge in [-0.3, -0.25) is 20.4 Å². The van der Waals surface area contributed by atoms with E-state index in [-0.39, 0.29) is 5.76 Å². The van der Waals surface area contributed by atoms with Crippen molar-refractivity contribution in [2.24, 2.45) is 0 Å². The van der Waals surface area contributed by atoms with E-state index in [1.165, 1.54) is 0 Å². The highest BCUT2D eigenvalue weighted by atomic mass is 79.9. The molecule has 2 amide bonds. The fourth-order valence-electron chi connectivity index (χ4n) is 1.85. The molecule has 0 spiro atoms. The molecule has 0 aliphatic heterocycles. The van der Waals surface area contributed by atoms with E-state index in [4.69, 9.17) is 4.42 Å². The number of furan rings is 1. The second-order valence-corrected chi connectivity index (χ2v) is 5.12. The van der Waals surface area contributed by atoms with Gasteiger partial charge >= 0.3 is 5.91 Å². The average molecular weight is 348 g/mol. The summed E-state index contributed by atoms with van der Waals surface area (Å²) in [5, 5.41) is 0.796. The van der Waals surface area contributed by atoms with E-state index in [0.29, 0.717) is 11.3 Å². The van der Waals surface area contributed by atoms with Crippen LogP contribution < -0.4 is 10.9 Å². The monoisotopic (exact) mass is 347 g/mol. The number of para-hydroxylation sites is 1. The van der Waals surface area contributed by atoms with Crippen LogP contribution in [-0.2, 0) is 0 Å². The molecule has 2 heterocycles. The second-order valence-electron chi connectivity index (χ2n) is 4.26. The van der Waals surface area contributed by atoms with Crippen LogP contribution in [0.2, 0.25) is 0 Å². The minimum absolute atomic E-state index is 0.115. The molecule has 1 aromatic carbocycles. The molecule has 0 atom stereocenters. The Morgan fingerprint density at radius 2 is 1.90 bits per heavy atom. The first-order valence-corrected chi connectivity index (χ1v) is 6.86. The molecular weight excluding hydrogens is 338 g/mol. The maximum absolute atomic E-state index is 12.0. The Hall–Kier alpha value is -2.54. The van der Waals surface area contributed by atoms with Crippen LogP contribution in [0.1, 0.15) is 21.0 Å². The first kappa shape index (κ1) is 13.4. The summed E-state index contributed by atoms with van der Waals surface area (Å²) in [6.07, 6.45) is 1.62. The Bertz CT molecular complexity index is 808. The molecule has 0 unspecified atom stereocenters. The maximum atomic E-state index is 12.0. The number of amides is 2. The van der Waals surface area contributed by atoms with Crippen molar-refractivity contribution >= 4 is 38.7 Å². The molecule has 2 aromatic heterocycles. The number of hydrogen-bond donors (Lipinski definition) is 3. The molecule has 21 heavy (non-hydrogen) atoms. The number of fused-ring (bicyclic) bond motifs is 1. The fourth-order valence-corrected chi connectivity index (χ4v) is 2.32. The summed E-state index contributed by atoms with van der Waals surface area (Å²) in [5.74, 6) is -0.854. The lowest BCUT2D eigenvalue weighted by Crippen LogP contribution is -2.41. The molecule has 7 heteroatoms. The van der Waals surface area contributed by atoms with E-state index in [0.717, 1.165) is 9.86 Å². The van der Waals surface area contributed by atoms with Crippen molar-refractivity contribution in [2.75, 3.05) is 0 Å². The Morgan fingerprint density at radius 1 is 1.10 bits per heavy atom. The number of nitrogens with one attached hydrogen (secondary N) is 3. The van der Waals surface area contributed by atoms with Gasteiger partial charge in [0, 0.05) is 11.6 Å². The number of aromatic nitrogens is 1. The van der Waals surface area contributed by atoms with Gasteiger partial charge in [-0.1, -0.05) is 12.1 Å². The molecule has 3 aromatic rings. The number of halogens is 1. The van der Waals surface area contributed by atoms with Crippen LogP contribution in [0.15, 0.2) is 51.5 Å². The molecular formula is C14H10BrN3O3. The number of carbonyl (C=O) groups excluding carboxylic acids is 2. The first-order valence-electron chi connectivity index (χ1n) is 6.07. The quantitative estimate of drug-likeness (QED) is 0.622. The molecule has 0 saturated carbocycles. The van der Waals surface area contributed by atoms with E-state index < -0.39 is 11.8 Å². The van der Waals surface area contributed by atoms with Gasteiger partial charge in [0.25, 0.3) is 5.91 Å². The third kappa shape index (κ3) is 2.68. The largest absolute Gasteiger partial charge is 0.450 e.